The van der Waals surface area contributed by atoms with Crippen LogP contribution in [0.15, 0.2) is 24.3 Å². The summed E-state index contributed by atoms with van der Waals surface area (Å²) in [7, 11) is 0. The number of para-hydroxylation sites is 1. The van der Waals surface area contributed by atoms with Crippen molar-refractivity contribution in [1.82, 2.24) is 4.98 Å². The highest BCUT2D eigenvalue weighted by atomic mass is 16.5. The quantitative estimate of drug-likeness (QED) is 0.704. The smallest absolute Gasteiger partial charge is 0.133 e. The van der Waals surface area contributed by atoms with Crippen LogP contribution in [0.2, 0.25) is 0 Å². The third kappa shape index (κ3) is 1.21. The molecule has 1 aliphatic rings. The Kier molecular flexibility index (Phi) is 1.88. The van der Waals surface area contributed by atoms with Gasteiger partial charge in [-0.2, -0.15) is 0 Å². The molecule has 0 saturated carbocycles. The molecule has 0 unspecified atom stereocenters. The van der Waals surface area contributed by atoms with Crippen LogP contribution in [0.5, 0.6) is 5.75 Å². The number of aromatic nitrogens is 1. The van der Waals surface area contributed by atoms with E-state index in [1.807, 2.05) is 12.1 Å². The second-order valence-corrected chi connectivity index (χ2v) is 3.84. The highest BCUT2D eigenvalue weighted by Crippen LogP contribution is 2.34. The van der Waals surface area contributed by atoms with Crippen molar-refractivity contribution in [2.75, 3.05) is 6.61 Å². The van der Waals surface area contributed by atoms with Gasteiger partial charge in [0.25, 0.3) is 0 Å². The normalized spacial score (nSPS) is 13.9. The lowest BCUT2D eigenvalue weighted by Crippen LogP contribution is -1.94. The maximum atomic E-state index is 5.71. The molecule has 2 nitrogen and oxygen atoms in total. The zero-order valence-corrected chi connectivity index (χ0v) is 8.79. The lowest BCUT2D eigenvalue weighted by atomic mass is 10.1. The monoisotopic (exact) mass is 199 g/mol. The van der Waals surface area contributed by atoms with E-state index < -0.39 is 0 Å². The summed E-state index contributed by atoms with van der Waals surface area (Å²) in [6.07, 6.45) is 1.99. The lowest BCUT2D eigenvalue weighted by Gasteiger charge is -2.08. The summed E-state index contributed by atoms with van der Waals surface area (Å²) in [6, 6.07) is 8.20. The molecule has 0 N–H and O–H groups in total. The molecule has 0 aliphatic carbocycles. The van der Waals surface area contributed by atoms with Gasteiger partial charge in [-0.1, -0.05) is 19.1 Å². The summed E-state index contributed by atoms with van der Waals surface area (Å²) in [5.41, 5.74) is 3.56. The van der Waals surface area contributed by atoms with Gasteiger partial charge >= 0.3 is 0 Å². The van der Waals surface area contributed by atoms with Crippen molar-refractivity contribution in [3.63, 3.8) is 0 Å². The van der Waals surface area contributed by atoms with E-state index in [4.69, 9.17) is 4.74 Å². The van der Waals surface area contributed by atoms with Crippen molar-refractivity contribution < 1.29 is 4.74 Å². The molecule has 15 heavy (non-hydrogen) atoms. The van der Waals surface area contributed by atoms with Crippen LogP contribution in [0.3, 0.4) is 0 Å². The van der Waals surface area contributed by atoms with Gasteiger partial charge in [0.1, 0.15) is 5.75 Å². The van der Waals surface area contributed by atoms with Crippen LogP contribution < -0.4 is 4.74 Å². The summed E-state index contributed by atoms with van der Waals surface area (Å²) in [6.45, 7) is 2.95. The highest BCUT2D eigenvalue weighted by Gasteiger charge is 2.19. The number of pyridine rings is 1. The van der Waals surface area contributed by atoms with E-state index in [9.17, 15) is 0 Å². The Morgan fingerprint density at radius 1 is 1.33 bits per heavy atom. The summed E-state index contributed by atoms with van der Waals surface area (Å²) in [4.78, 5) is 4.69. The Balaban J connectivity index is 2.40. The van der Waals surface area contributed by atoms with Gasteiger partial charge in [0.15, 0.2) is 0 Å². The molecule has 0 radical (unpaired) electrons. The third-order valence-corrected chi connectivity index (χ3v) is 2.96. The fourth-order valence-electron chi connectivity index (χ4n) is 2.24. The van der Waals surface area contributed by atoms with Crippen LogP contribution in [0, 0.1) is 0 Å². The topological polar surface area (TPSA) is 22.1 Å². The summed E-state index contributed by atoms with van der Waals surface area (Å²) < 4.78 is 5.71. The van der Waals surface area contributed by atoms with E-state index in [2.05, 4.69) is 24.0 Å². The zero-order valence-electron chi connectivity index (χ0n) is 8.79. The maximum absolute atomic E-state index is 5.71. The Labute approximate surface area is 88.9 Å². The van der Waals surface area contributed by atoms with Crippen molar-refractivity contribution in [3.8, 4) is 5.75 Å². The first-order valence-corrected chi connectivity index (χ1v) is 5.43. The molecule has 0 fully saturated rings. The zero-order chi connectivity index (χ0) is 10.3. The molecule has 1 aromatic heterocycles. The largest absolute Gasteiger partial charge is 0.492 e. The van der Waals surface area contributed by atoms with Crippen LogP contribution in [-0.4, -0.2) is 11.6 Å². The summed E-state index contributed by atoms with van der Waals surface area (Å²) in [5, 5.41) is 1.15. The molecular weight excluding hydrogens is 186 g/mol. The molecule has 0 spiro atoms. The molecule has 2 heteroatoms. The van der Waals surface area contributed by atoms with Crippen LogP contribution in [0.4, 0.5) is 0 Å². The predicted molar refractivity (Wildman–Crippen MR) is 60.3 cm³/mol. The second-order valence-electron chi connectivity index (χ2n) is 3.84. The van der Waals surface area contributed by atoms with E-state index in [0.717, 1.165) is 36.1 Å². The first-order chi connectivity index (χ1) is 7.40. The highest BCUT2D eigenvalue weighted by molar-refractivity contribution is 5.87. The number of hydrogen-bond acceptors (Lipinski definition) is 2. The average Bonchev–Trinajstić information content (AvgIpc) is 2.77. The van der Waals surface area contributed by atoms with Crippen molar-refractivity contribution in [3.05, 3.63) is 35.5 Å². The molecule has 1 aromatic carbocycles. The second kappa shape index (κ2) is 3.23. The van der Waals surface area contributed by atoms with Crippen molar-refractivity contribution in [1.29, 1.82) is 0 Å². The van der Waals surface area contributed by atoms with E-state index in [-0.39, 0.29) is 0 Å². The van der Waals surface area contributed by atoms with Gasteiger partial charge in [-0.05, 0) is 18.6 Å². The molecule has 0 atom stereocenters. The Morgan fingerprint density at radius 2 is 2.20 bits per heavy atom. The molecule has 76 valence electrons. The minimum absolute atomic E-state index is 0.804. The van der Waals surface area contributed by atoms with Gasteiger partial charge in [0, 0.05) is 23.1 Å². The minimum atomic E-state index is 0.804. The van der Waals surface area contributed by atoms with E-state index in [1.165, 1.54) is 11.3 Å². The number of rotatable bonds is 1. The van der Waals surface area contributed by atoms with Gasteiger partial charge in [-0.25, -0.2) is 0 Å². The molecule has 0 amide bonds. The van der Waals surface area contributed by atoms with Crippen LogP contribution in [-0.2, 0) is 12.8 Å². The average molecular weight is 199 g/mol. The van der Waals surface area contributed by atoms with Gasteiger partial charge in [0.05, 0.1) is 12.1 Å². The Bertz CT molecular complexity index is 519. The first-order valence-electron chi connectivity index (χ1n) is 5.43. The van der Waals surface area contributed by atoms with Crippen LogP contribution in [0.25, 0.3) is 10.9 Å². The summed E-state index contributed by atoms with van der Waals surface area (Å²) >= 11 is 0. The third-order valence-electron chi connectivity index (χ3n) is 2.96. The molecular formula is C13H13NO. The minimum Gasteiger partial charge on any atom is -0.492 e. The number of ether oxygens (including phenoxy) is 1. The van der Waals surface area contributed by atoms with E-state index >= 15 is 0 Å². The molecule has 0 saturated heterocycles. The molecule has 2 heterocycles. The van der Waals surface area contributed by atoms with Gasteiger partial charge in [-0.3, -0.25) is 4.98 Å². The number of hydrogen-bond donors (Lipinski definition) is 0. The SMILES string of the molecule is CCc1nc2ccccc2c2c1CCO2. The van der Waals surface area contributed by atoms with Crippen molar-refractivity contribution >= 4 is 10.9 Å². The van der Waals surface area contributed by atoms with Crippen molar-refractivity contribution in [2.24, 2.45) is 0 Å². The number of benzene rings is 1. The predicted octanol–water partition coefficient (Wildman–Crippen LogP) is 2.73. The number of fused-ring (bicyclic) bond motifs is 3. The van der Waals surface area contributed by atoms with Crippen molar-refractivity contribution in [2.45, 2.75) is 19.8 Å². The molecule has 3 rings (SSSR count). The first kappa shape index (κ1) is 8.72. The molecule has 1 aliphatic heterocycles. The standard InChI is InChI=1S/C13H13NO/c1-2-11-10-7-8-15-13(10)9-5-3-4-6-12(9)14-11/h3-6H,2,7-8H2,1H3. The Morgan fingerprint density at radius 3 is 3.07 bits per heavy atom. The Hall–Kier alpha value is -1.57. The van der Waals surface area contributed by atoms with E-state index in [0.29, 0.717) is 0 Å². The lowest BCUT2D eigenvalue weighted by molar-refractivity contribution is 0.360. The van der Waals surface area contributed by atoms with Crippen LogP contribution >= 0.6 is 0 Å². The van der Waals surface area contributed by atoms with Gasteiger partial charge in [0.2, 0.25) is 0 Å². The summed E-state index contributed by atoms with van der Waals surface area (Å²) in [5.74, 6) is 1.07. The molecule has 2 aromatic rings. The maximum Gasteiger partial charge on any atom is 0.133 e. The van der Waals surface area contributed by atoms with Crippen LogP contribution in [0.1, 0.15) is 18.2 Å². The molecule has 0 bridgehead atoms. The van der Waals surface area contributed by atoms with Gasteiger partial charge < -0.3 is 4.74 Å². The fourth-order valence-corrected chi connectivity index (χ4v) is 2.24. The number of nitrogens with zero attached hydrogens (tertiary/aromatic N) is 1. The number of aryl methyl sites for hydroxylation is 1. The fraction of sp³-hybridized carbons (Fsp3) is 0.308. The van der Waals surface area contributed by atoms with Gasteiger partial charge in [-0.15, -0.1) is 0 Å². The van der Waals surface area contributed by atoms with E-state index in [1.54, 1.807) is 0 Å².